The fourth-order valence-corrected chi connectivity index (χ4v) is 4.08. The van der Waals surface area contributed by atoms with Crippen molar-refractivity contribution in [3.8, 4) is 0 Å². The van der Waals surface area contributed by atoms with E-state index in [9.17, 15) is 22.8 Å². The monoisotopic (exact) mass is 274 g/mol. The number of imide groups is 1. The number of sulfone groups is 1. The molecule has 0 aromatic heterocycles. The van der Waals surface area contributed by atoms with Crippen LogP contribution in [0.15, 0.2) is 0 Å². The molecule has 2 fully saturated rings. The topological polar surface area (TPSA) is 109 Å². The molecule has 100 valence electrons. The van der Waals surface area contributed by atoms with E-state index in [1.807, 2.05) is 0 Å². The van der Waals surface area contributed by atoms with Gasteiger partial charge in [-0.1, -0.05) is 0 Å². The minimum atomic E-state index is -3.00. The van der Waals surface area contributed by atoms with Crippen LogP contribution < -0.4 is 10.6 Å². The van der Waals surface area contributed by atoms with Crippen molar-refractivity contribution < 1.29 is 22.8 Å². The Hall–Kier alpha value is -1.44. The van der Waals surface area contributed by atoms with E-state index in [1.165, 1.54) is 0 Å². The van der Waals surface area contributed by atoms with Crippen molar-refractivity contribution in [3.63, 3.8) is 0 Å². The molecule has 18 heavy (non-hydrogen) atoms. The SMILES string of the molecule is O=C1CC(NC(=O)CC2CCS(=O)(=O)C2)C(=O)N1. The first kappa shape index (κ1) is 13.0. The highest BCUT2D eigenvalue weighted by Gasteiger charge is 2.34. The Morgan fingerprint density at radius 2 is 2.11 bits per heavy atom. The smallest absolute Gasteiger partial charge is 0.249 e. The Morgan fingerprint density at radius 1 is 1.39 bits per heavy atom. The lowest BCUT2D eigenvalue weighted by atomic mass is 10.0. The fraction of sp³-hybridized carbons (Fsp3) is 0.700. The zero-order valence-corrected chi connectivity index (χ0v) is 10.5. The number of nitrogens with one attached hydrogen (secondary N) is 2. The molecule has 0 spiro atoms. The van der Waals surface area contributed by atoms with E-state index in [4.69, 9.17) is 0 Å². The first-order chi connectivity index (χ1) is 8.35. The summed E-state index contributed by atoms with van der Waals surface area (Å²) in [4.78, 5) is 33.8. The molecule has 2 rings (SSSR count). The molecule has 2 atom stereocenters. The third kappa shape index (κ3) is 3.06. The predicted octanol–water partition coefficient (Wildman–Crippen LogP) is -1.66. The number of amides is 3. The Kier molecular flexibility index (Phi) is 3.38. The molecule has 2 unspecified atom stereocenters. The van der Waals surface area contributed by atoms with Gasteiger partial charge in [-0.2, -0.15) is 0 Å². The minimum absolute atomic E-state index is 0.0240. The van der Waals surface area contributed by atoms with Crippen LogP contribution in [0.5, 0.6) is 0 Å². The van der Waals surface area contributed by atoms with Crippen molar-refractivity contribution in [3.05, 3.63) is 0 Å². The summed E-state index contributed by atoms with van der Waals surface area (Å²) in [5, 5.41) is 4.54. The first-order valence-corrected chi connectivity index (χ1v) is 7.51. The van der Waals surface area contributed by atoms with Crippen LogP contribution in [0, 0.1) is 5.92 Å². The molecule has 2 saturated heterocycles. The molecular formula is C10H14N2O5S. The maximum Gasteiger partial charge on any atom is 0.249 e. The van der Waals surface area contributed by atoms with Gasteiger partial charge in [0.2, 0.25) is 17.7 Å². The second-order valence-corrected chi connectivity index (χ2v) is 6.94. The molecule has 0 aliphatic carbocycles. The third-order valence-electron chi connectivity index (χ3n) is 3.10. The Morgan fingerprint density at radius 3 is 2.61 bits per heavy atom. The molecule has 3 amide bonds. The zero-order chi connectivity index (χ0) is 13.3. The normalized spacial score (nSPS) is 30.2. The van der Waals surface area contributed by atoms with Gasteiger partial charge in [0.05, 0.1) is 17.9 Å². The maximum atomic E-state index is 11.6. The molecule has 2 aliphatic heterocycles. The number of rotatable bonds is 3. The average Bonchev–Trinajstić information content (AvgIpc) is 2.70. The minimum Gasteiger partial charge on any atom is -0.344 e. The van der Waals surface area contributed by atoms with Crippen LogP contribution in [0.2, 0.25) is 0 Å². The second kappa shape index (κ2) is 4.68. The van der Waals surface area contributed by atoms with Crippen LogP contribution in [0.1, 0.15) is 19.3 Å². The highest BCUT2D eigenvalue weighted by Crippen LogP contribution is 2.21. The summed E-state index contributed by atoms with van der Waals surface area (Å²) in [7, 11) is -3.00. The van der Waals surface area contributed by atoms with Gasteiger partial charge in [0.1, 0.15) is 6.04 Å². The molecular weight excluding hydrogens is 260 g/mol. The summed E-state index contributed by atoms with van der Waals surface area (Å²) in [5.41, 5.74) is 0. The maximum absolute atomic E-state index is 11.6. The summed E-state index contributed by atoms with van der Waals surface area (Å²) in [6.07, 6.45) is 0.510. The van der Waals surface area contributed by atoms with E-state index in [0.29, 0.717) is 6.42 Å². The number of hydrogen-bond acceptors (Lipinski definition) is 5. The van der Waals surface area contributed by atoms with E-state index in [0.717, 1.165) is 0 Å². The van der Waals surface area contributed by atoms with Crippen molar-refractivity contribution >= 4 is 27.6 Å². The quantitative estimate of drug-likeness (QED) is 0.599. The fourth-order valence-electron chi connectivity index (χ4n) is 2.22. The summed E-state index contributed by atoms with van der Waals surface area (Å²) in [6.45, 7) is 0. The van der Waals surface area contributed by atoms with Crippen LogP contribution >= 0.6 is 0 Å². The van der Waals surface area contributed by atoms with E-state index >= 15 is 0 Å². The molecule has 0 bridgehead atoms. The van der Waals surface area contributed by atoms with Crippen molar-refractivity contribution in [2.45, 2.75) is 25.3 Å². The van der Waals surface area contributed by atoms with Gasteiger partial charge in [0, 0.05) is 6.42 Å². The summed E-state index contributed by atoms with van der Waals surface area (Å²) in [6, 6.07) is -0.817. The third-order valence-corrected chi connectivity index (χ3v) is 4.94. The second-order valence-electron chi connectivity index (χ2n) is 4.71. The molecule has 2 N–H and O–H groups in total. The van der Waals surface area contributed by atoms with Gasteiger partial charge in [-0.05, 0) is 12.3 Å². The predicted molar refractivity (Wildman–Crippen MR) is 61.1 cm³/mol. The van der Waals surface area contributed by atoms with Crippen LogP contribution in [-0.2, 0) is 24.2 Å². The van der Waals surface area contributed by atoms with E-state index in [2.05, 4.69) is 10.6 Å². The van der Waals surface area contributed by atoms with Gasteiger partial charge in [-0.15, -0.1) is 0 Å². The Labute approximate surface area is 104 Å². The van der Waals surface area contributed by atoms with Crippen molar-refractivity contribution in [1.29, 1.82) is 0 Å². The number of carbonyl (C=O) groups is 3. The number of hydrogen-bond donors (Lipinski definition) is 2. The lowest BCUT2D eigenvalue weighted by molar-refractivity contribution is -0.128. The van der Waals surface area contributed by atoms with E-state index < -0.39 is 27.7 Å². The zero-order valence-electron chi connectivity index (χ0n) is 9.64. The lowest BCUT2D eigenvalue weighted by Crippen LogP contribution is -2.40. The van der Waals surface area contributed by atoms with Crippen LogP contribution in [-0.4, -0.2) is 43.7 Å². The van der Waals surface area contributed by atoms with Gasteiger partial charge < -0.3 is 5.32 Å². The summed E-state index contributed by atoms with van der Waals surface area (Å²) < 4.78 is 22.4. The van der Waals surface area contributed by atoms with Crippen LogP contribution in [0.25, 0.3) is 0 Å². The van der Waals surface area contributed by atoms with Crippen molar-refractivity contribution in [2.75, 3.05) is 11.5 Å². The van der Waals surface area contributed by atoms with Gasteiger partial charge in [0.15, 0.2) is 9.84 Å². The van der Waals surface area contributed by atoms with E-state index in [-0.39, 0.29) is 36.2 Å². The molecule has 0 aromatic rings. The molecule has 2 heterocycles. The van der Waals surface area contributed by atoms with Crippen LogP contribution in [0.3, 0.4) is 0 Å². The van der Waals surface area contributed by atoms with Gasteiger partial charge in [-0.3, -0.25) is 19.7 Å². The summed E-state index contributed by atoms with van der Waals surface area (Å²) in [5.74, 6) is -1.34. The van der Waals surface area contributed by atoms with Crippen LogP contribution in [0.4, 0.5) is 0 Å². The molecule has 7 nitrogen and oxygen atoms in total. The van der Waals surface area contributed by atoms with Crippen molar-refractivity contribution in [1.82, 2.24) is 10.6 Å². The largest absolute Gasteiger partial charge is 0.344 e. The molecule has 2 aliphatic rings. The van der Waals surface area contributed by atoms with Gasteiger partial charge in [-0.25, -0.2) is 8.42 Å². The first-order valence-electron chi connectivity index (χ1n) is 5.69. The average molecular weight is 274 g/mol. The van der Waals surface area contributed by atoms with E-state index in [1.54, 1.807) is 0 Å². The molecule has 0 saturated carbocycles. The standard InChI is InChI=1S/C10H14N2O5S/c13-8(3-6-1-2-18(16,17)5-6)11-7-4-9(14)12-10(7)15/h6-7H,1-5H2,(H,11,13)(H,12,14,15). The lowest BCUT2D eigenvalue weighted by Gasteiger charge is -2.11. The highest BCUT2D eigenvalue weighted by molar-refractivity contribution is 7.91. The highest BCUT2D eigenvalue weighted by atomic mass is 32.2. The van der Waals surface area contributed by atoms with Gasteiger partial charge >= 0.3 is 0 Å². The molecule has 0 aromatic carbocycles. The molecule has 0 radical (unpaired) electrons. The Balaban J connectivity index is 1.83. The van der Waals surface area contributed by atoms with Crippen molar-refractivity contribution in [2.24, 2.45) is 5.92 Å². The number of carbonyl (C=O) groups excluding carboxylic acids is 3. The summed E-state index contributed by atoms with van der Waals surface area (Å²) >= 11 is 0. The molecule has 8 heteroatoms. The van der Waals surface area contributed by atoms with Gasteiger partial charge in [0.25, 0.3) is 0 Å². The Bertz CT molecular complexity index is 498.